The van der Waals surface area contributed by atoms with Crippen molar-refractivity contribution in [1.29, 1.82) is 5.26 Å². The Kier molecular flexibility index (Phi) is 6.48. The number of nitrogens with zero attached hydrogens (tertiary/aromatic N) is 7. The van der Waals surface area contributed by atoms with Gasteiger partial charge in [0, 0.05) is 73.9 Å². The van der Waals surface area contributed by atoms with E-state index < -0.39 is 11.9 Å². The lowest BCUT2D eigenvalue weighted by molar-refractivity contribution is -0.00215. The Bertz CT molecular complexity index is 1890. The highest BCUT2D eigenvalue weighted by Crippen LogP contribution is 2.47. The maximum Gasteiger partial charge on any atom is 0.320 e. The third kappa shape index (κ3) is 4.51. The smallest absolute Gasteiger partial charge is 0.320 e. The van der Waals surface area contributed by atoms with Crippen LogP contribution in [-0.4, -0.2) is 77.2 Å². The number of carbonyl (C=O) groups is 1. The van der Waals surface area contributed by atoms with E-state index in [0.717, 1.165) is 63.4 Å². The molecule has 230 valence electrons. The summed E-state index contributed by atoms with van der Waals surface area (Å²) < 4.78 is 29.5. The van der Waals surface area contributed by atoms with Gasteiger partial charge in [-0.1, -0.05) is 11.3 Å². The predicted molar refractivity (Wildman–Crippen MR) is 168 cm³/mol. The number of amides is 2. The van der Waals surface area contributed by atoms with Gasteiger partial charge in [0.15, 0.2) is 10.9 Å². The summed E-state index contributed by atoms with van der Waals surface area (Å²) in [6.45, 7) is 4.59. The van der Waals surface area contributed by atoms with E-state index in [1.54, 1.807) is 12.1 Å². The topological polar surface area (TPSA) is 99.8 Å². The second-order valence-electron chi connectivity index (χ2n) is 12.7. The Hall–Kier alpha value is -4.34. The Morgan fingerprint density at radius 3 is 2.53 bits per heavy atom. The van der Waals surface area contributed by atoms with Crippen LogP contribution in [0.25, 0.3) is 22.2 Å². The number of carbonyl (C=O) groups excluding carboxylic acids is 1. The molecule has 4 aliphatic rings. The highest BCUT2D eigenvalue weighted by molar-refractivity contribution is 7.16. The molecule has 8 rings (SSSR count). The van der Waals surface area contributed by atoms with Gasteiger partial charge in [-0.15, -0.1) is 0 Å². The molecular formula is C33H31F2N7O2S. The second-order valence-corrected chi connectivity index (χ2v) is 13.7. The number of rotatable bonds is 4. The van der Waals surface area contributed by atoms with Crippen molar-refractivity contribution >= 4 is 44.8 Å². The molecule has 1 atom stereocenters. The summed E-state index contributed by atoms with van der Waals surface area (Å²) >= 11 is 1.21. The van der Waals surface area contributed by atoms with Crippen LogP contribution < -0.4 is 9.80 Å². The number of urea groups is 1. The molecule has 3 aliphatic heterocycles. The highest BCUT2D eigenvalue weighted by atomic mass is 32.1. The largest absolute Gasteiger partial charge is 0.387 e. The van der Waals surface area contributed by atoms with Gasteiger partial charge < -0.3 is 24.7 Å². The number of halogens is 2. The van der Waals surface area contributed by atoms with Gasteiger partial charge in [-0.3, -0.25) is 0 Å². The van der Waals surface area contributed by atoms with E-state index in [9.17, 15) is 19.6 Å². The minimum atomic E-state index is -0.795. The molecule has 9 nitrogen and oxygen atoms in total. The fraction of sp³-hybridized carbons (Fsp3) is 0.394. The molecule has 2 aromatic carbocycles. The normalized spacial score (nSPS) is 19.9. The summed E-state index contributed by atoms with van der Waals surface area (Å²) in [5.74, 6) is -0.846. The van der Waals surface area contributed by atoms with Crippen LogP contribution in [-0.2, 0) is 6.42 Å². The summed E-state index contributed by atoms with van der Waals surface area (Å²) in [6, 6.07) is 11.7. The van der Waals surface area contributed by atoms with Gasteiger partial charge in [0.05, 0.1) is 17.5 Å². The SMILES string of the molecule is CN(c1nc(-c2ccc(F)cc2)c(C#N)s1)c1c2c(nc3c(F)cc(N4CC5(CN(C(=O)N6CCCC6)C5)C4)cc13)[C@H](O)CC2. The highest BCUT2D eigenvalue weighted by Gasteiger charge is 2.54. The van der Waals surface area contributed by atoms with E-state index in [1.165, 1.54) is 29.5 Å². The van der Waals surface area contributed by atoms with Crippen molar-refractivity contribution in [2.75, 3.05) is 56.1 Å². The van der Waals surface area contributed by atoms with Crippen molar-refractivity contribution < 1.29 is 18.7 Å². The molecule has 5 heterocycles. The maximum absolute atomic E-state index is 15.9. The number of benzene rings is 2. The molecule has 0 radical (unpaired) electrons. The zero-order chi connectivity index (χ0) is 31.0. The van der Waals surface area contributed by atoms with Crippen LogP contribution in [0.2, 0.25) is 0 Å². The van der Waals surface area contributed by atoms with Gasteiger partial charge in [0.1, 0.15) is 28.0 Å². The van der Waals surface area contributed by atoms with Crippen LogP contribution in [0.5, 0.6) is 0 Å². The van der Waals surface area contributed by atoms with Crippen molar-refractivity contribution in [2.24, 2.45) is 5.41 Å². The number of thiazole rings is 1. The number of anilines is 3. The number of fused-ring (bicyclic) bond motifs is 2. The van der Waals surface area contributed by atoms with Gasteiger partial charge in [-0.25, -0.2) is 23.5 Å². The third-order valence-electron chi connectivity index (χ3n) is 9.69. The first-order valence-corrected chi connectivity index (χ1v) is 16.1. The number of aliphatic hydroxyl groups is 1. The van der Waals surface area contributed by atoms with Crippen LogP contribution in [0.4, 0.5) is 30.1 Å². The summed E-state index contributed by atoms with van der Waals surface area (Å²) in [6.07, 6.45) is 2.39. The number of hydrogen-bond acceptors (Lipinski definition) is 8. The molecule has 4 aromatic rings. The molecule has 1 N–H and O–H groups in total. The Morgan fingerprint density at radius 2 is 1.82 bits per heavy atom. The first-order valence-electron chi connectivity index (χ1n) is 15.3. The molecule has 2 amide bonds. The van der Waals surface area contributed by atoms with Crippen LogP contribution >= 0.6 is 11.3 Å². The van der Waals surface area contributed by atoms with Crippen molar-refractivity contribution in [3.8, 4) is 17.3 Å². The summed E-state index contributed by atoms with van der Waals surface area (Å²) in [7, 11) is 1.83. The lowest BCUT2D eigenvalue weighted by atomic mass is 9.72. The fourth-order valence-electron chi connectivity index (χ4n) is 7.44. The van der Waals surface area contributed by atoms with Crippen LogP contribution in [0.15, 0.2) is 36.4 Å². The maximum atomic E-state index is 15.9. The standard InChI is InChI=1S/C33H31F2N7O2S/c1-39(31-38-27(26(14-36)45-31)19-4-6-20(34)7-5-19)30-22-8-9-25(43)29(22)37-28-23(30)12-21(13-24(28)35)41-15-33(16-41)17-42(18-33)32(44)40-10-2-3-11-40/h4-7,12-13,25,43H,2-3,8-11,15-18H2,1H3/t25-/m1/s1. The molecule has 3 fully saturated rings. The van der Waals surface area contributed by atoms with Gasteiger partial charge >= 0.3 is 6.03 Å². The minimum absolute atomic E-state index is 0.0338. The van der Waals surface area contributed by atoms with Crippen LogP contribution in [0.1, 0.15) is 41.5 Å². The number of aromatic nitrogens is 2. The van der Waals surface area contributed by atoms with Crippen molar-refractivity contribution in [2.45, 2.75) is 31.8 Å². The van der Waals surface area contributed by atoms with Crippen molar-refractivity contribution in [3.63, 3.8) is 0 Å². The zero-order valence-electron chi connectivity index (χ0n) is 24.8. The number of likely N-dealkylation sites (tertiary alicyclic amines) is 2. The number of pyridine rings is 1. The Labute approximate surface area is 262 Å². The average molecular weight is 628 g/mol. The first-order chi connectivity index (χ1) is 21.7. The quantitative estimate of drug-likeness (QED) is 0.315. The summed E-state index contributed by atoms with van der Waals surface area (Å²) in [5.41, 5.74) is 4.04. The monoisotopic (exact) mass is 627 g/mol. The van der Waals surface area contributed by atoms with Gasteiger partial charge in [-0.05, 0) is 62.1 Å². The lowest BCUT2D eigenvalue weighted by Crippen LogP contribution is -2.74. The molecule has 0 saturated carbocycles. The molecule has 45 heavy (non-hydrogen) atoms. The van der Waals surface area contributed by atoms with E-state index in [-0.39, 0.29) is 22.8 Å². The second kappa shape index (κ2) is 10.4. The van der Waals surface area contributed by atoms with Gasteiger partial charge in [-0.2, -0.15) is 5.26 Å². The number of nitriles is 1. The molecule has 3 saturated heterocycles. The molecule has 0 bridgehead atoms. The predicted octanol–water partition coefficient (Wildman–Crippen LogP) is 5.59. The lowest BCUT2D eigenvalue weighted by Gasteiger charge is -2.61. The van der Waals surface area contributed by atoms with Crippen LogP contribution in [0, 0.1) is 28.4 Å². The van der Waals surface area contributed by atoms with E-state index in [2.05, 4.69) is 16.0 Å². The Morgan fingerprint density at radius 1 is 1.09 bits per heavy atom. The number of aliphatic hydroxyl groups excluding tert-OH is 1. The molecule has 2 aromatic heterocycles. The van der Waals surface area contributed by atoms with Crippen LogP contribution in [0.3, 0.4) is 0 Å². The van der Waals surface area contributed by atoms with E-state index in [4.69, 9.17) is 4.98 Å². The van der Waals surface area contributed by atoms with E-state index in [1.807, 2.05) is 27.8 Å². The molecule has 1 aliphatic carbocycles. The molecule has 0 unspecified atom stereocenters. The first kappa shape index (κ1) is 28.2. The molecule has 12 heteroatoms. The molecule has 1 spiro atoms. The average Bonchev–Trinajstić information content (AvgIpc) is 3.76. The van der Waals surface area contributed by atoms with Gasteiger partial charge in [0.25, 0.3) is 0 Å². The van der Waals surface area contributed by atoms with E-state index >= 15 is 4.39 Å². The zero-order valence-corrected chi connectivity index (χ0v) is 25.6. The fourth-order valence-corrected chi connectivity index (χ4v) is 8.29. The Balaban J connectivity index is 1.13. The summed E-state index contributed by atoms with van der Waals surface area (Å²) in [4.78, 5) is 30.4. The minimum Gasteiger partial charge on any atom is -0.387 e. The number of hydrogen-bond donors (Lipinski definition) is 1. The van der Waals surface area contributed by atoms with Crippen molar-refractivity contribution in [3.05, 3.63) is 64.2 Å². The van der Waals surface area contributed by atoms with E-state index in [0.29, 0.717) is 50.9 Å². The summed E-state index contributed by atoms with van der Waals surface area (Å²) in [5, 5.41) is 21.8. The van der Waals surface area contributed by atoms with Gasteiger partial charge in [0.2, 0.25) is 0 Å². The van der Waals surface area contributed by atoms with Crippen molar-refractivity contribution in [1.82, 2.24) is 19.8 Å². The molecular weight excluding hydrogens is 596 g/mol. The third-order valence-corrected chi connectivity index (χ3v) is 10.7.